The Bertz CT molecular complexity index is 1350. The van der Waals surface area contributed by atoms with Gasteiger partial charge in [0.1, 0.15) is 5.75 Å². The molecule has 0 unspecified atom stereocenters. The van der Waals surface area contributed by atoms with Crippen LogP contribution in [0.3, 0.4) is 0 Å². The number of aromatic amines is 1. The monoisotopic (exact) mass is 458 g/mol. The maximum Gasteiger partial charge on any atom is 0.295 e. The quantitative estimate of drug-likeness (QED) is 0.364. The van der Waals surface area contributed by atoms with Crippen LogP contribution in [0.25, 0.3) is 22.2 Å². The molecule has 1 saturated heterocycles. The zero-order valence-electron chi connectivity index (χ0n) is 18.5. The molecule has 0 bridgehead atoms. The van der Waals surface area contributed by atoms with Crippen LogP contribution in [-0.2, 0) is 4.79 Å². The molecule has 0 spiro atoms. The number of Topliss-reactive ketones (excluding diaryl/α,β-unsaturated/α-hetero) is 1. The largest absolute Gasteiger partial charge is 0.494 e. The van der Waals surface area contributed by atoms with Gasteiger partial charge in [0.2, 0.25) is 0 Å². The van der Waals surface area contributed by atoms with Gasteiger partial charge in [0.15, 0.2) is 0 Å². The summed E-state index contributed by atoms with van der Waals surface area (Å²) >= 11 is 0. The lowest BCUT2D eigenvalue weighted by atomic mass is 10.1. The highest BCUT2D eigenvalue weighted by atomic mass is 16.5. The molecule has 34 heavy (non-hydrogen) atoms. The second-order valence-electron chi connectivity index (χ2n) is 7.92. The fraction of sp³-hybridized carbons (Fsp3) is 0.200. The molecule has 3 aromatic heterocycles. The Morgan fingerprint density at radius 3 is 2.44 bits per heavy atom. The van der Waals surface area contributed by atoms with Crippen LogP contribution < -0.4 is 4.74 Å². The third-order valence-corrected chi connectivity index (χ3v) is 6.00. The number of carbonyl (C=O) groups is 3. The first-order valence-electron chi connectivity index (χ1n) is 10.8. The van der Waals surface area contributed by atoms with Crippen molar-refractivity contribution in [2.75, 3.05) is 33.3 Å². The Kier molecular flexibility index (Phi) is 5.59. The van der Waals surface area contributed by atoms with E-state index < -0.39 is 11.7 Å². The molecule has 0 radical (unpaired) electrons. The summed E-state index contributed by atoms with van der Waals surface area (Å²) < 4.78 is 10.6. The van der Waals surface area contributed by atoms with E-state index in [1.54, 1.807) is 29.4 Å². The van der Waals surface area contributed by atoms with Crippen LogP contribution in [-0.4, -0.2) is 70.7 Å². The number of furan rings is 1. The Morgan fingerprint density at radius 2 is 1.76 bits per heavy atom. The highest BCUT2D eigenvalue weighted by Gasteiger charge is 2.31. The molecule has 1 aliphatic heterocycles. The van der Waals surface area contributed by atoms with Gasteiger partial charge in [-0.15, -0.1) is 0 Å². The van der Waals surface area contributed by atoms with Crippen LogP contribution in [0.2, 0.25) is 0 Å². The van der Waals surface area contributed by atoms with E-state index in [1.807, 2.05) is 18.2 Å². The summed E-state index contributed by atoms with van der Waals surface area (Å²) in [4.78, 5) is 49.7. The summed E-state index contributed by atoms with van der Waals surface area (Å²) in [7, 11) is 1.49. The van der Waals surface area contributed by atoms with E-state index in [-0.39, 0.29) is 24.6 Å². The van der Waals surface area contributed by atoms with Crippen molar-refractivity contribution in [3.63, 3.8) is 0 Å². The number of H-pyrrole nitrogens is 1. The molecule has 9 heteroatoms. The number of ether oxygens (including phenoxy) is 1. The highest BCUT2D eigenvalue weighted by molar-refractivity contribution is 6.45. The van der Waals surface area contributed by atoms with Crippen molar-refractivity contribution in [1.29, 1.82) is 0 Å². The first kappa shape index (κ1) is 21.4. The molecule has 0 atom stereocenters. The number of hydrogen-bond donors (Lipinski definition) is 1. The number of methoxy groups -OCH3 is 1. The van der Waals surface area contributed by atoms with Crippen molar-refractivity contribution in [3.8, 4) is 17.0 Å². The van der Waals surface area contributed by atoms with Crippen molar-refractivity contribution in [2.24, 2.45) is 0 Å². The second-order valence-corrected chi connectivity index (χ2v) is 7.92. The second kappa shape index (κ2) is 8.86. The zero-order chi connectivity index (χ0) is 23.7. The van der Waals surface area contributed by atoms with Gasteiger partial charge in [0.25, 0.3) is 17.6 Å². The van der Waals surface area contributed by atoms with Crippen molar-refractivity contribution in [2.45, 2.75) is 0 Å². The summed E-state index contributed by atoms with van der Waals surface area (Å²) in [5, 5.41) is 0.491. The molecule has 1 fully saturated rings. The van der Waals surface area contributed by atoms with Crippen LogP contribution >= 0.6 is 0 Å². The minimum Gasteiger partial charge on any atom is -0.494 e. The summed E-state index contributed by atoms with van der Waals surface area (Å²) in [6, 6.07) is 10.8. The Balaban J connectivity index is 1.36. The van der Waals surface area contributed by atoms with Gasteiger partial charge in [0.05, 0.1) is 48.0 Å². The molecule has 0 aliphatic carbocycles. The molecule has 1 aliphatic rings. The maximum absolute atomic E-state index is 13.2. The van der Waals surface area contributed by atoms with Gasteiger partial charge >= 0.3 is 0 Å². The summed E-state index contributed by atoms with van der Waals surface area (Å²) in [6.45, 7) is 1.28. The summed E-state index contributed by atoms with van der Waals surface area (Å²) in [5.41, 5.74) is 2.72. The van der Waals surface area contributed by atoms with Crippen LogP contribution in [0.1, 0.15) is 20.7 Å². The van der Waals surface area contributed by atoms with Gasteiger partial charge in [-0.05, 0) is 18.2 Å². The molecule has 1 aromatic carbocycles. The van der Waals surface area contributed by atoms with E-state index in [0.717, 1.165) is 5.56 Å². The minimum absolute atomic E-state index is 0.0836. The number of aromatic nitrogens is 2. The Morgan fingerprint density at radius 1 is 1.03 bits per heavy atom. The Labute approximate surface area is 194 Å². The van der Waals surface area contributed by atoms with E-state index >= 15 is 0 Å². The average Bonchev–Trinajstić information content (AvgIpc) is 3.58. The van der Waals surface area contributed by atoms with Gasteiger partial charge in [-0.3, -0.25) is 19.4 Å². The number of ketones is 1. The van der Waals surface area contributed by atoms with Gasteiger partial charge < -0.3 is 23.9 Å². The summed E-state index contributed by atoms with van der Waals surface area (Å²) in [6.07, 6.45) is 6.12. The van der Waals surface area contributed by atoms with E-state index in [2.05, 4.69) is 9.97 Å². The van der Waals surface area contributed by atoms with Crippen LogP contribution in [0.5, 0.6) is 5.75 Å². The fourth-order valence-electron chi connectivity index (χ4n) is 4.20. The predicted octanol–water partition coefficient (Wildman–Crippen LogP) is 3.00. The molecular weight excluding hydrogens is 436 g/mol. The number of nitrogens with one attached hydrogen (secondary N) is 1. The van der Waals surface area contributed by atoms with Gasteiger partial charge in [-0.1, -0.05) is 18.2 Å². The highest BCUT2D eigenvalue weighted by Crippen LogP contribution is 2.34. The van der Waals surface area contributed by atoms with E-state index in [0.29, 0.717) is 41.0 Å². The number of nitrogens with zero attached hydrogens (tertiary/aromatic N) is 3. The molecule has 2 amide bonds. The lowest BCUT2D eigenvalue weighted by molar-refractivity contribution is -0.127. The maximum atomic E-state index is 13.2. The van der Waals surface area contributed by atoms with E-state index in [4.69, 9.17) is 9.15 Å². The lowest BCUT2D eigenvalue weighted by Crippen LogP contribution is -2.52. The van der Waals surface area contributed by atoms with Gasteiger partial charge in [0, 0.05) is 43.5 Å². The first-order chi connectivity index (χ1) is 16.6. The summed E-state index contributed by atoms with van der Waals surface area (Å²) in [5.74, 6) is -0.953. The normalized spacial score (nSPS) is 13.8. The molecule has 1 N–H and O–H groups in total. The Hall–Kier alpha value is -4.40. The number of hydrogen-bond acceptors (Lipinski definition) is 6. The third kappa shape index (κ3) is 3.71. The molecular formula is C25H22N4O5. The zero-order valence-corrected chi connectivity index (χ0v) is 18.5. The topological polar surface area (TPSA) is 109 Å². The number of rotatable bonds is 5. The number of carbonyl (C=O) groups excluding carboxylic acids is 3. The molecule has 9 nitrogen and oxygen atoms in total. The molecule has 4 aromatic rings. The number of pyridine rings is 1. The van der Waals surface area contributed by atoms with Crippen LogP contribution in [0.4, 0.5) is 0 Å². The number of benzene rings is 1. The molecule has 5 rings (SSSR count). The van der Waals surface area contributed by atoms with Crippen LogP contribution in [0.15, 0.2) is 65.7 Å². The fourth-order valence-corrected chi connectivity index (χ4v) is 4.20. The first-order valence-corrected chi connectivity index (χ1v) is 10.8. The molecule has 0 saturated carbocycles. The van der Waals surface area contributed by atoms with Crippen LogP contribution in [0, 0.1) is 0 Å². The van der Waals surface area contributed by atoms with Crippen molar-refractivity contribution in [3.05, 3.63) is 72.4 Å². The van der Waals surface area contributed by atoms with E-state index in [9.17, 15) is 14.4 Å². The smallest absolute Gasteiger partial charge is 0.295 e. The van der Waals surface area contributed by atoms with Crippen molar-refractivity contribution in [1.82, 2.24) is 19.8 Å². The number of amides is 2. The molecule has 4 heterocycles. The third-order valence-electron chi connectivity index (χ3n) is 6.00. The molecule has 172 valence electrons. The van der Waals surface area contributed by atoms with Crippen molar-refractivity contribution >= 4 is 28.5 Å². The number of piperazine rings is 1. The van der Waals surface area contributed by atoms with Gasteiger partial charge in [-0.2, -0.15) is 0 Å². The van der Waals surface area contributed by atoms with E-state index in [1.165, 1.54) is 30.7 Å². The van der Waals surface area contributed by atoms with Gasteiger partial charge in [-0.25, -0.2) is 0 Å². The average molecular weight is 458 g/mol. The van der Waals surface area contributed by atoms with Crippen molar-refractivity contribution < 1.29 is 23.5 Å². The SMILES string of the molecule is COc1cnc(-c2ccoc2)c2[nH]cc(C(=O)C(=O)N3CCN(C(=O)c4ccccc4)CC3)c12. The standard InChI is InChI=1S/C25H22N4O5/c1-33-19-14-27-21(17-7-12-34-15-17)22-20(19)18(13-26-22)23(30)25(32)29-10-8-28(9-11-29)24(31)16-5-3-2-4-6-16/h2-7,12-15,26H,8-11H2,1H3. The lowest BCUT2D eigenvalue weighted by Gasteiger charge is -2.34. The number of fused-ring (bicyclic) bond motifs is 1. The minimum atomic E-state index is -0.642. The predicted molar refractivity (Wildman–Crippen MR) is 124 cm³/mol.